The Labute approximate surface area is 75.9 Å². The van der Waals surface area contributed by atoms with Crippen molar-refractivity contribution in [2.45, 2.75) is 52.9 Å². The van der Waals surface area contributed by atoms with Crippen molar-refractivity contribution in [2.24, 2.45) is 0 Å². The molecule has 0 radical (unpaired) electrons. The SMILES string of the molecule is CCCCCCC(C)=C(C)C=O. The van der Waals surface area contributed by atoms with Crippen molar-refractivity contribution in [1.29, 1.82) is 0 Å². The zero-order valence-electron chi connectivity index (χ0n) is 8.52. The highest BCUT2D eigenvalue weighted by molar-refractivity contribution is 5.73. The molecule has 0 rings (SSSR count). The summed E-state index contributed by atoms with van der Waals surface area (Å²) in [6, 6.07) is 0. The first-order chi connectivity index (χ1) is 5.72. The summed E-state index contributed by atoms with van der Waals surface area (Å²) in [5.41, 5.74) is 2.16. The van der Waals surface area contributed by atoms with E-state index in [9.17, 15) is 4.79 Å². The van der Waals surface area contributed by atoms with E-state index >= 15 is 0 Å². The summed E-state index contributed by atoms with van der Waals surface area (Å²) >= 11 is 0. The number of unbranched alkanes of at least 4 members (excludes halogenated alkanes) is 3. The Hall–Kier alpha value is -0.590. The van der Waals surface area contributed by atoms with Crippen LogP contribution in [0.4, 0.5) is 0 Å². The van der Waals surface area contributed by atoms with Crippen LogP contribution in [-0.4, -0.2) is 6.29 Å². The molecule has 1 nitrogen and oxygen atoms in total. The molecule has 0 aliphatic heterocycles. The van der Waals surface area contributed by atoms with Gasteiger partial charge in [0.15, 0.2) is 0 Å². The number of aldehydes is 1. The number of rotatable bonds is 6. The number of allylic oxidation sites excluding steroid dienone is 2. The minimum absolute atomic E-state index is 0.909. The lowest BCUT2D eigenvalue weighted by Gasteiger charge is -2.01. The van der Waals surface area contributed by atoms with Crippen molar-refractivity contribution in [3.05, 3.63) is 11.1 Å². The van der Waals surface area contributed by atoms with Gasteiger partial charge in [-0.2, -0.15) is 0 Å². The summed E-state index contributed by atoms with van der Waals surface area (Å²) < 4.78 is 0. The fourth-order valence-corrected chi connectivity index (χ4v) is 1.11. The summed E-state index contributed by atoms with van der Waals surface area (Å²) in [5.74, 6) is 0. The Morgan fingerprint density at radius 2 is 1.83 bits per heavy atom. The van der Waals surface area contributed by atoms with Crippen molar-refractivity contribution in [2.75, 3.05) is 0 Å². The van der Waals surface area contributed by atoms with Gasteiger partial charge in [-0.05, 0) is 32.3 Å². The Bertz CT molecular complexity index is 156. The molecule has 0 bridgehead atoms. The minimum Gasteiger partial charge on any atom is -0.298 e. The van der Waals surface area contributed by atoms with Gasteiger partial charge in [0.2, 0.25) is 0 Å². The fourth-order valence-electron chi connectivity index (χ4n) is 1.11. The topological polar surface area (TPSA) is 17.1 Å². The number of carbonyl (C=O) groups is 1. The fraction of sp³-hybridized carbons (Fsp3) is 0.727. The first-order valence-corrected chi connectivity index (χ1v) is 4.84. The molecular formula is C11H20O. The van der Waals surface area contributed by atoms with Crippen molar-refractivity contribution in [3.63, 3.8) is 0 Å². The third-order valence-electron chi connectivity index (χ3n) is 2.26. The van der Waals surface area contributed by atoms with Crippen LogP contribution in [0.25, 0.3) is 0 Å². The lowest BCUT2D eigenvalue weighted by atomic mass is 10.0. The lowest BCUT2D eigenvalue weighted by molar-refractivity contribution is -0.104. The molecule has 0 atom stereocenters. The van der Waals surface area contributed by atoms with Crippen LogP contribution in [0.15, 0.2) is 11.1 Å². The van der Waals surface area contributed by atoms with Crippen LogP contribution in [0.3, 0.4) is 0 Å². The molecular weight excluding hydrogens is 148 g/mol. The Morgan fingerprint density at radius 3 is 2.33 bits per heavy atom. The second-order valence-electron chi connectivity index (χ2n) is 3.39. The first kappa shape index (κ1) is 11.4. The Kier molecular flexibility index (Phi) is 6.73. The Morgan fingerprint density at radius 1 is 1.17 bits per heavy atom. The molecule has 0 saturated carbocycles. The first-order valence-electron chi connectivity index (χ1n) is 4.84. The molecule has 12 heavy (non-hydrogen) atoms. The van der Waals surface area contributed by atoms with Gasteiger partial charge in [0.05, 0.1) is 0 Å². The summed E-state index contributed by atoms with van der Waals surface area (Å²) in [7, 11) is 0. The molecule has 0 unspecified atom stereocenters. The number of hydrogen-bond donors (Lipinski definition) is 0. The van der Waals surface area contributed by atoms with Crippen molar-refractivity contribution < 1.29 is 4.79 Å². The number of hydrogen-bond acceptors (Lipinski definition) is 1. The predicted octanol–water partition coefficient (Wildman–Crippen LogP) is 3.49. The van der Waals surface area contributed by atoms with Crippen LogP contribution < -0.4 is 0 Å². The summed E-state index contributed by atoms with van der Waals surface area (Å²) in [4.78, 5) is 10.4. The van der Waals surface area contributed by atoms with Gasteiger partial charge >= 0.3 is 0 Å². The smallest absolute Gasteiger partial charge is 0.145 e. The van der Waals surface area contributed by atoms with Gasteiger partial charge in [-0.15, -0.1) is 0 Å². The zero-order chi connectivity index (χ0) is 9.40. The highest BCUT2D eigenvalue weighted by Crippen LogP contribution is 2.11. The number of carbonyl (C=O) groups excluding carboxylic acids is 1. The normalized spacial score (nSPS) is 12.6. The maximum absolute atomic E-state index is 10.4. The summed E-state index contributed by atoms with van der Waals surface area (Å²) in [6.07, 6.45) is 7.15. The minimum atomic E-state index is 0.909. The highest BCUT2D eigenvalue weighted by Gasteiger charge is 1.95. The maximum atomic E-state index is 10.4. The molecule has 0 heterocycles. The maximum Gasteiger partial charge on any atom is 0.145 e. The molecule has 0 aromatic carbocycles. The van der Waals surface area contributed by atoms with Crippen molar-refractivity contribution in [3.8, 4) is 0 Å². The average Bonchev–Trinajstić information content (AvgIpc) is 2.10. The molecule has 1 heteroatoms. The van der Waals surface area contributed by atoms with Gasteiger partial charge < -0.3 is 0 Å². The molecule has 0 amide bonds. The quantitative estimate of drug-likeness (QED) is 0.337. The standard InChI is InChI=1S/C11H20O/c1-4-5-6-7-8-10(2)11(3)9-12/h9H,4-8H2,1-3H3. The molecule has 0 spiro atoms. The van der Waals surface area contributed by atoms with Gasteiger partial charge in [-0.25, -0.2) is 0 Å². The molecule has 0 aromatic rings. The predicted molar refractivity (Wildman–Crippen MR) is 53.2 cm³/mol. The summed E-state index contributed by atoms with van der Waals surface area (Å²) in [5, 5.41) is 0. The van der Waals surface area contributed by atoms with Crippen LogP contribution in [0.1, 0.15) is 52.9 Å². The lowest BCUT2D eigenvalue weighted by Crippen LogP contribution is -1.86. The van der Waals surface area contributed by atoms with Gasteiger partial charge in [0.25, 0.3) is 0 Å². The van der Waals surface area contributed by atoms with Gasteiger partial charge in [0, 0.05) is 0 Å². The van der Waals surface area contributed by atoms with E-state index in [2.05, 4.69) is 13.8 Å². The largest absolute Gasteiger partial charge is 0.298 e. The molecule has 0 aromatic heterocycles. The van der Waals surface area contributed by atoms with Gasteiger partial charge in [-0.3, -0.25) is 4.79 Å². The van der Waals surface area contributed by atoms with E-state index in [1.54, 1.807) is 0 Å². The summed E-state index contributed by atoms with van der Waals surface area (Å²) in [6.45, 7) is 6.15. The monoisotopic (exact) mass is 168 g/mol. The second-order valence-corrected chi connectivity index (χ2v) is 3.39. The van der Waals surface area contributed by atoms with E-state index in [0.717, 1.165) is 18.3 Å². The van der Waals surface area contributed by atoms with E-state index < -0.39 is 0 Å². The molecule has 0 fully saturated rings. The third kappa shape index (κ3) is 5.11. The zero-order valence-corrected chi connectivity index (χ0v) is 8.52. The van der Waals surface area contributed by atoms with E-state index in [1.165, 1.54) is 31.3 Å². The molecule has 70 valence electrons. The highest BCUT2D eigenvalue weighted by atomic mass is 16.1. The molecule has 0 saturated heterocycles. The Balaban J connectivity index is 3.56. The van der Waals surface area contributed by atoms with Crippen LogP contribution in [-0.2, 0) is 4.79 Å². The van der Waals surface area contributed by atoms with Gasteiger partial charge in [0.1, 0.15) is 6.29 Å². The van der Waals surface area contributed by atoms with E-state index in [-0.39, 0.29) is 0 Å². The molecule has 0 aliphatic rings. The van der Waals surface area contributed by atoms with Crippen LogP contribution in [0, 0.1) is 0 Å². The van der Waals surface area contributed by atoms with E-state index in [4.69, 9.17) is 0 Å². The van der Waals surface area contributed by atoms with E-state index in [0.29, 0.717) is 0 Å². The van der Waals surface area contributed by atoms with Crippen molar-refractivity contribution >= 4 is 6.29 Å². The second kappa shape index (κ2) is 7.08. The van der Waals surface area contributed by atoms with Crippen molar-refractivity contribution in [1.82, 2.24) is 0 Å². The van der Waals surface area contributed by atoms with Crippen LogP contribution in [0.2, 0.25) is 0 Å². The third-order valence-corrected chi connectivity index (χ3v) is 2.26. The van der Waals surface area contributed by atoms with Crippen LogP contribution in [0.5, 0.6) is 0 Å². The van der Waals surface area contributed by atoms with Gasteiger partial charge in [-0.1, -0.05) is 31.8 Å². The molecule has 0 N–H and O–H groups in total. The van der Waals surface area contributed by atoms with Crippen LogP contribution >= 0.6 is 0 Å². The molecule has 0 aliphatic carbocycles. The average molecular weight is 168 g/mol. The van der Waals surface area contributed by atoms with E-state index in [1.807, 2.05) is 6.92 Å².